The predicted octanol–water partition coefficient (Wildman–Crippen LogP) is 13.8. The van der Waals surface area contributed by atoms with Gasteiger partial charge >= 0.3 is 0 Å². The molecule has 4 heterocycles. The fourth-order valence-corrected chi connectivity index (χ4v) is 14.0. The van der Waals surface area contributed by atoms with Crippen LogP contribution in [0, 0.1) is 23.7 Å². The van der Waals surface area contributed by atoms with Gasteiger partial charge in [0.05, 0.1) is 12.0 Å². The number of likely N-dealkylation sites (tertiary alicyclic amines) is 1. The molecule has 1 saturated heterocycles. The minimum absolute atomic E-state index is 0.0164. The maximum atomic E-state index is 5.74. The van der Waals surface area contributed by atoms with E-state index >= 15 is 0 Å². The summed E-state index contributed by atoms with van der Waals surface area (Å²) in [6.45, 7) is 3.29. The van der Waals surface area contributed by atoms with E-state index in [0.29, 0.717) is 35.8 Å². The molecular weight excluding hydrogens is 787 g/mol. The van der Waals surface area contributed by atoms with Crippen LogP contribution in [-0.2, 0) is 0 Å². The van der Waals surface area contributed by atoms with E-state index in [1.165, 1.54) is 50.5 Å². The van der Waals surface area contributed by atoms with Gasteiger partial charge in [0.2, 0.25) is 0 Å². The second-order valence-corrected chi connectivity index (χ2v) is 20.2. The number of rotatable bonds is 7. The molecule has 9 unspecified atom stereocenters. The van der Waals surface area contributed by atoms with Crippen molar-refractivity contribution in [1.29, 1.82) is 0 Å². The molecule has 0 amide bonds. The highest BCUT2D eigenvalue weighted by atomic mass is 32.1. The first kappa shape index (κ1) is 39.2. The van der Waals surface area contributed by atoms with Gasteiger partial charge in [-0.15, -0.1) is 11.3 Å². The zero-order chi connectivity index (χ0) is 41.9. The van der Waals surface area contributed by atoms with Crippen molar-refractivity contribution in [3.63, 3.8) is 0 Å². The number of nitrogens with zero attached hydrogens (tertiary/aromatic N) is 5. The summed E-state index contributed by atoms with van der Waals surface area (Å²) >= 11 is 2.11. The van der Waals surface area contributed by atoms with Gasteiger partial charge in [0, 0.05) is 68.9 Å². The van der Waals surface area contributed by atoms with E-state index in [-0.39, 0.29) is 17.8 Å². The highest BCUT2D eigenvalue weighted by molar-refractivity contribution is 7.12. The maximum absolute atomic E-state index is 5.74. The van der Waals surface area contributed by atoms with E-state index < -0.39 is 0 Å². The van der Waals surface area contributed by atoms with E-state index in [1.54, 1.807) is 4.88 Å². The quantitative estimate of drug-likeness (QED) is 0.174. The first-order valence-electron chi connectivity index (χ1n) is 24.0. The van der Waals surface area contributed by atoms with Gasteiger partial charge in [-0.05, 0) is 98.5 Å². The summed E-state index contributed by atoms with van der Waals surface area (Å²) in [5.41, 5.74) is 10.9. The number of hydrogen-bond acceptors (Lipinski definition) is 6. The van der Waals surface area contributed by atoms with Gasteiger partial charge in [-0.3, -0.25) is 4.99 Å². The van der Waals surface area contributed by atoms with E-state index in [2.05, 4.69) is 163 Å². The lowest BCUT2D eigenvalue weighted by Crippen LogP contribution is -2.34. The third-order valence-corrected chi connectivity index (χ3v) is 17.1. The summed E-state index contributed by atoms with van der Waals surface area (Å²) in [6.07, 6.45) is 42.6. The number of allylic oxidation sites excluding steroid dienone is 11. The lowest BCUT2D eigenvalue weighted by molar-refractivity contribution is 0.224. The Labute approximate surface area is 377 Å². The molecule has 2 aliphatic heterocycles. The molecule has 0 saturated carbocycles. The number of fused-ring (bicyclic) bond motifs is 7. The topological polar surface area (TPSA) is 54.3 Å². The summed E-state index contributed by atoms with van der Waals surface area (Å²) in [5, 5.41) is 0. The smallest absolute Gasteiger partial charge is 0.163 e. The standard InChI is InChI=1S/C57H57N5S/c1-36-44(29-31-47-48-32-30-46-45-27-14-15-28-50(45)62(43-25-12-5-13-26-43)52(46)54(48)63-53(36)47)51-49(34-42(35-58-51)41-24-16-23-40(33-41)37-17-6-2-7-18-37)57-60-55(38-19-8-3-9-20-38)59-56(61-57)39-21-10-4-11-22-39/h2-3,5-10,12,14-15,17-21,23,25,29-33,36,39,42,44-46,49-50,52H,4,11,13,16,22,24,26-28,34-35H2,1H3. The van der Waals surface area contributed by atoms with E-state index in [1.807, 2.05) is 0 Å². The summed E-state index contributed by atoms with van der Waals surface area (Å²) in [7, 11) is 0. The zero-order valence-corrected chi connectivity index (χ0v) is 37.2. The van der Waals surface area contributed by atoms with Crippen molar-refractivity contribution in [1.82, 2.24) is 19.9 Å². The molecule has 0 N–H and O–H groups in total. The van der Waals surface area contributed by atoms with Gasteiger partial charge in [-0.2, -0.15) is 0 Å². The van der Waals surface area contributed by atoms with Crippen LogP contribution in [0.3, 0.4) is 0 Å². The fraction of sp³-hybridized carbons (Fsp3) is 0.368. The lowest BCUT2D eigenvalue weighted by atomic mass is 9.72. The molecule has 63 heavy (non-hydrogen) atoms. The molecule has 4 aromatic rings. The van der Waals surface area contributed by atoms with Crippen LogP contribution in [-0.4, -0.2) is 38.2 Å². The monoisotopic (exact) mass is 843 g/mol. The molecule has 6 aliphatic carbocycles. The second kappa shape index (κ2) is 16.6. The number of aromatic nitrogens is 3. The Kier molecular flexibility index (Phi) is 10.3. The number of hydrogen-bond donors (Lipinski definition) is 0. The molecule has 5 nitrogen and oxygen atoms in total. The van der Waals surface area contributed by atoms with Gasteiger partial charge in [0.1, 0.15) is 11.6 Å². The average Bonchev–Trinajstić information content (AvgIpc) is 3.92. The van der Waals surface area contributed by atoms with Crippen molar-refractivity contribution in [2.45, 2.75) is 101 Å². The highest BCUT2D eigenvalue weighted by Crippen LogP contribution is 2.59. The van der Waals surface area contributed by atoms with Crippen molar-refractivity contribution >= 4 is 34.8 Å². The molecule has 2 aromatic heterocycles. The number of thiophene rings is 1. The summed E-state index contributed by atoms with van der Waals surface area (Å²) < 4.78 is 0. The third kappa shape index (κ3) is 7.04. The number of benzene rings is 2. The summed E-state index contributed by atoms with van der Waals surface area (Å²) in [5.74, 6) is 4.75. The summed E-state index contributed by atoms with van der Waals surface area (Å²) in [6, 6.07) is 22.4. The van der Waals surface area contributed by atoms with Crippen LogP contribution in [0.5, 0.6) is 0 Å². The molecule has 2 aromatic carbocycles. The Morgan fingerprint density at radius 2 is 1.56 bits per heavy atom. The van der Waals surface area contributed by atoms with Crippen molar-refractivity contribution in [2.75, 3.05) is 6.54 Å². The van der Waals surface area contributed by atoms with Crippen LogP contribution < -0.4 is 0 Å². The normalized spacial score (nSPS) is 30.4. The minimum Gasteiger partial charge on any atom is -0.363 e. The first-order chi connectivity index (χ1) is 31.2. The van der Waals surface area contributed by atoms with Crippen LogP contribution in [0.25, 0.3) is 29.1 Å². The molecule has 316 valence electrons. The van der Waals surface area contributed by atoms with E-state index in [0.717, 1.165) is 87.4 Å². The summed E-state index contributed by atoms with van der Waals surface area (Å²) in [4.78, 5) is 27.9. The Balaban J connectivity index is 0.938. The fourth-order valence-electron chi connectivity index (χ4n) is 12.4. The zero-order valence-electron chi connectivity index (χ0n) is 36.4. The van der Waals surface area contributed by atoms with E-state index in [4.69, 9.17) is 19.9 Å². The van der Waals surface area contributed by atoms with Crippen molar-refractivity contribution in [3.05, 3.63) is 177 Å². The highest BCUT2D eigenvalue weighted by Gasteiger charge is 2.52. The molecule has 0 bridgehead atoms. The van der Waals surface area contributed by atoms with Gasteiger partial charge in [-0.1, -0.05) is 146 Å². The first-order valence-corrected chi connectivity index (χ1v) is 24.8. The average molecular weight is 844 g/mol. The lowest BCUT2D eigenvalue weighted by Gasteiger charge is -2.37. The van der Waals surface area contributed by atoms with Crippen LogP contribution in [0.1, 0.15) is 133 Å². The van der Waals surface area contributed by atoms with Crippen LogP contribution >= 0.6 is 11.3 Å². The van der Waals surface area contributed by atoms with Gasteiger partial charge in [-0.25, -0.2) is 15.0 Å². The Hall–Kier alpha value is -5.46. The largest absolute Gasteiger partial charge is 0.363 e. The Morgan fingerprint density at radius 3 is 2.38 bits per heavy atom. The predicted molar refractivity (Wildman–Crippen MR) is 260 cm³/mol. The molecule has 0 radical (unpaired) electrons. The van der Waals surface area contributed by atoms with Crippen LogP contribution in [0.4, 0.5) is 0 Å². The number of aliphatic imine (C=N–C) groups is 1. The molecule has 9 atom stereocenters. The van der Waals surface area contributed by atoms with Crippen molar-refractivity contribution < 1.29 is 0 Å². The van der Waals surface area contributed by atoms with Gasteiger partial charge in [0.25, 0.3) is 0 Å². The van der Waals surface area contributed by atoms with E-state index in [9.17, 15) is 0 Å². The molecule has 8 aliphatic rings. The third-order valence-electron chi connectivity index (χ3n) is 15.6. The molecule has 0 spiro atoms. The Morgan fingerprint density at radius 1 is 0.746 bits per heavy atom. The molecule has 12 rings (SSSR count). The Bertz CT molecular complexity index is 2690. The molecule has 6 heteroatoms. The van der Waals surface area contributed by atoms with Gasteiger partial charge < -0.3 is 4.90 Å². The van der Waals surface area contributed by atoms with Crippen molar-refractivity contribution in [2.24, 2.45) is 28.7 Å². The molecule has 1 fully saturated rings. The van der Waals surface area contributed by atoms with Crippen LogP contribution in [0.2, 0.25) is 0 Å². The second-order valence-electron chi connectivity index (χ2n) is 19.2. The van der Waals surface area contributed by atoms with Crippen molar-refractivity contribution in [3.8, 4) is 11.4 Å². The molecular formula is C57H57N5S. The SMILES string of the molecule is CC1c2sc3c(c2C=CC1C1=NCC(C2=CC(c4ccccc4)=CCC2)CC1c1nc(-c2ccccc2)nc(C2C=CCCC2)n1)C=CC1C2CC=CCC2N(C2=CC=CCC2)C31. The minimum atomic E-state index is -0.0164. The van der Waals surface area contributed by atoms with Gasteiger partial charge in [0.15, 0.2) is 5.82 Å². The van der Waals surface area contributed by atoms with Crippen LogP contribution in [0.15, 0.2) is 144 Å². The maximum Gasteiger partial charge on any atom is 0.163 e.